The fourth-order valence-corrected chi connectivity index (χ4v) is 1.03. The van der Waals surface area contributed by atoms with Gasteiger partial charge in [0.1, 0.15) is 0 Å². The minimum absolute atomic E-state index is 0.482. The predicted molar refractivity (Wildman–Crippen MR) is 48.6 cm³/mol. The van der Waals surface area contributed by atoms with E-state index in [1.54, 1.807) is 0 Å². The molecule has 0 spiro atoms. The molecule has 60 valence electrons. The number of rotatable bonds is 2. The highest BCUT2D eigenvalue weighted by molar-refractivity contribution is 5.24. The lowest BCUT2D eigenvalue weighted by atomic mass is 10.0. The van der Waals surface area contributed by atoms with Gasteiger partial charge in [-0.3, -0.25) is 0 Å². The molecule has 1 aromatic carbocycles. The van der Waals surface area contributed by atoms with Crippen molar-refractivity contribution in [3.63, 3.8) is 0 Å². The number of nitrogens with two attached hydrogens (primary N) is 1. The second-order valence-corrected chi connectivity index (χ2v) is 3.05. The van der Waals surface area contributed by atoms with Crippen molar-refractivity contribution in [3.8, 4) is 0 Å². The van der Waals surface area contributed by atoms with Crippen LogP contribution in [0.1, 0.15) is 24.0 Å². The molecule has 2 N–H and O–H groups in total. The van der Waals surface area contributed by atoms with E-state index >= 15 is 0 Å². The van der Waals surface area contributed by atoms with Crippen LogP contribution in [0, 0.1) is 6.92 Å². The molecule has 1 rings (SSSR count). The molecule has 1 nitrogen and oxygen atoms in total. The Bertz CT molecular complexity index is 213. The van der Waals surface area contributed by atoms with Crippen LogP contribution in [0.5, 0.6) is 0 Å². The Morgan fingerprint density at radius 2 is 1.82 bits per heavy atom. The third-order valence-electron chi connectivity index (χ3n) is 2.00. The van der Waals surface area contributed by atoms with E-state index in [0.29, 0.717) is 5.92 Å². The normalized spacial score (nSPS) is 13.0. The molecule has 0 aliphatic heterocycles. The van der Waals surface area contributed by atoms with E-state index in [1.807, 2.05) is 0 Å². The van der Waals surface area contributed by atoms with Crippen LogP contribution in [0.4, 0.5) is 0 Å². The average molecular weight is 149 g/mol. The van der Waals surface area contributed by atoms with Crippen molar-refractivity contribution in [1.29, 1.82) is 0 Å². The van der Waals surface area contributed by atoms with Crippen molar-refractivity contribution < 1.29 is 0 Å². The minimum Gasteiger partial charge on any atom is -0.330 e. The molecule has 0 radical (unpaired) electrons. The number of benzene rings is 1. The van der Waals surface area contributed by atoms with Crippen LogP contribution in [0.3, 0.4) is 0 Å². The number of hydrogen-bond donors (Lipinski definition) is 1. The van der Waals surface area contributed by atoms with Gasteiger partial charge in [0.2, 0.25) is 0 Å². The maximum absolute atomic E-state index is 5.54. The molecule has 0 saturated carbocycles. The maximum Gasteiger partial charge on any atom is -0.00109 e. The van der Waals surface area contributed by atoms with Crippen LogP contribution in [-0.2, 0) is 0 Å². The molecule has 0 fully saturated rings. The predicted octanol–water partition coefficient (Wildman–Crippen LogP) is 2.06. The first kappa shape index (κ1) is 8.28. The Morgan fingerprint density at radius 3 is 2.27 bits per heavy atom. The Kier molecular flexibility index (Phi) is 2.66. The van der Waals surface area contributed by atoms with Crippen molar-refractivity contribution in [2.45, 2.75) is 19.8 Å². The van der Waals surface area contributed by atoms with Gasteiger partial charge in [-0.2, -0.15) is 0 Å². The summed E-state index contributed by atoms with van der Waals surface area (Å²) in [7, 11) is 0. The third kappa shape index (κ3) is 2.05. The standard InChI is InChI=1S/C10H15N/c1-8-3-5-10(6-4-8)9(2)7-11/h3-6,9H,7,11H2,1-2H3/t9-/m0/s1. The van der Waals surface area contributed by atoms with Crippen molar-refractivity contribution in [2.75, 3.05) is 6.54 Å². The van der Waals surface area contributed by atoms with Gasteiger partial charge in [0, 0.05) is 0 Å². The molecular weight excluding hydrogens is 134 g/mol. The summed E-state index contributed by atoms with van der Waals surface area (Å²) in [6.07, 6.45) is 0. The van der Waals surface area contributed by atoms with E-state index in [-0.39, 0.29) is 0 Å². The van der Waals surface area contributed by atoms with Crippen molar-refractivity contribution >= 4 is 0 Å². The van der Waals surface area contributed by atoms with E-state index in [0.717, 1.165) is 6.54 Å². The number of aryl methyl sites for hydroxylation is 1. The molecule has 1 heteroatoms. The van der Waals surface area contributed by atoms with Crippen LogP contribution in [0.25, 0.3) is 0 Å². The quantitative estimate of drug-likeness (QED) is 0.684. The van der Waals surface area contributed by atoms with E-state index in [4.69, 9.17) is 5.73 Å². The van der Waals surface area contributed by atoms with Gasteiger partial charge in [0.15, 0.2) is 0 Å². The summed E-state index contributed by atoms with van der Waals surface area (Å²) in [5, 5.41) is 0. The zero-order valence-electron chi connectivity index (χ0n) is 7.17. The van der Waals surface area contributed by atoms with Gasteiger partial charge in [-0.1, -0.05) is 36.8 Å². The van der Waals surface area contributed by atoms with E-state index < -0.39 is 0 Å². The molecule has 0 amide bonds. The molecule has 0 aromatic heterocycles. The molecule has 0 saturated heterocycles. The zero-order valence-corrected chi connectivity index (χ0v) is 7.17. The van der Waals surface area contributed by atoms with Crippen molar-refractivity contribution in [3.05, 3.63) is 35.4 Å². The van der Waals surface area contributed by atoms with Crippen LogP contribution in [0.15, 0.2) is 24.3 Å². The summed E-state index contributed by atoms with van der Waals surface area (Å²) in [6.45, 7) is 4.96. The highest BCUT2D eigenvalue weighted by Gasteiger charge is 2.00. The van der Waals surface area contributed by atoms with Gasteiger partial charge in [-0.05, 0) is 24.9 Å². The molecule has 0 bridgehead atoms. The zero-order chi connectivity index (χ0) is 8.27. The lowest BCUT2D eigenvalue weighted by Crippen LogP contribution is -2.08. The monoisotopic (exact) mass is 149 g/mol. The summed E-state index contributed by atoms with van der Waals surface area (Å²) in [5.74, 6) is 0.482. The second kappa shape index (κ2) is 3.54. The largest absolute Gasteiger partial charge is 0.330 e. The molecule has 1 aromatic rings. The molecule has 0 unspecified atom stereocenters. The summed E-state index contributed by atoms with van der Waals surface area (Å²) < 4.78 is 0. The molecule has 0 aliphatic rings. The van der Waals surface area contributed by atoms with Crippen molar-refractivity contribution in [2.24, 2.45) is 5.73 Å². The molecule has 0 heterocycles. The SMILES string of the molecule is Cc1ccc([C@@H](C)CN)cc1. The minimum atomic E-state index is 0.482. The van der Waals surface area contributed by atoms with Gasteiger partial charge in [0.05, 0.1) is 0 Å². The molecule has 11 heavy (non-hydrogen) atoms. The number of hydrogen-bond acceptors (Lipinski definition) is 1. The molecule has 1 atom stereocenters. The van der Waals surface area contributed by atoms with Crippen LogP contribution >= 0.6 is 0 Å². The lowest BCUT2D eigenvalue weighted by Gasteiger charge is -2.07. The second-order valence-electron chi connectivity index (χ2n) is 3.05. The highest BCUT2D eigenvalue weighted by Crippen LogP contribution is 2.13. The first-order valence-electron chi connectivity index (χ1n) is 4.00. The molecule has 0 aliphatic carbocycles. The smallest absolute Gasteiger partial charge is 0.00109 e. The summed E-state index contributed by atoms with van der Waals surface area (Å²) in [5.41, 5.74) is 8.18. The molecular formula is C10H15N. The topological polar surface area (TPSA) is 26.0 Å². The first-order valence-corrected chi connectivity index (χ1v) is 4.00. The Hall–Kier alpha value is -0.820. The summed E-state index contributed by atoms with van der Waals surface area (Å²) >= 11 is 0. The van der Waals surface area contributed by atoms with Crippen LogP contribution < -0.4 is 5.73 Å². The highest BCUT2D eigenvalue weighted by atomic mass is 14.5. The first-order chi connectivity index (χ1) is 5.24. The van der Waals surface area contributed by atoms with Crippen LogP contribution in [0.2, 0.25) is 0 Å². The van der Waals surface area contributed by atoms with Crippen LogP contribution in [-0.4, -0.2) is 6.54 Å². The van der Waals surface area contributed by atoms with E-state index in [1.165, 1.54) is 11.1 Å². The van der Waals surface area contributed by atoms with Gasteiger partial charge < -0.3 is 5.73 Å². The van der Waals surface area contributed by atoms with E-state index in [2.05, 4.69) is 38.1 Å². The van der Waals surface area contributed by atoms with Gasteiger partial charge in [-0.15, -0.1) is 0 Å². The Morgan fingerprint density at radius 1 is 1.27 bits per heavy atom. The van der Waals surface area contributed by atoms with E-state index in [9.17, 15) is 0 Å². The summed E-state index contributed by atoms with van der Waals surface area (Å²) in [4.78, 5) is 0. The van der Waals surface area contributed by atoms with Gasteiger partial charge in [0.25, 0.3) is 0 Å². The average Bonchev–Trinajstić information content (AvgIpc) is 2.05. The van der Waals surface area contributed by atoms with Gasteiger partial charge >= 0.3 is 0 Å². The van der Waals surface area contributed by atoms with Crippen molar-refractivity contribution in [1.82, 2.24) is 0 Å². The van der Waals surface area contributed by atoms with Gasteiger partial charge in [-0.25, -0.2) is 0 Å². The summed E-state index contributed by atoms with van der Waals surface area (Å²) in [6, 6.07) is 8.54. The lowest BCUT2D eigenvalue weighted by molar-refractivity contribution is 0.774. The Labute approximate surface area is 68.2 Å². The third-order valence-corrected chi connectivity index (χ3v) is 2.00. The Balaban J connectivity index is 2.81. The fraction of sp³-hybridized carbons (Fsp3) is 0.400. The fourth-order valence-electron chi connectivity index (χ4n) is 1.03. The maximum atomic E-state index is 5.54.